The fourth-order valence-corrected chi connectivity index (χ4v) is 1.93. The van der Waals surface area contributed by atoms with Crippen molar-refractivity contribution in [3.8, 4) is 0 Å². The van der Waals surface area contributed by atoms with Gasteiger partial charge in [0.25, 0.3) is 0 Å². The lowest BCUT2D eigenvalue weighted by Gasteiger charge is -2.26. The summed E-state index contributed by atoms with van der Waals surface area (Å²) >= 11 is 5.78. The molecule has 23 heavy (non-hydrogen) atoms. The fourth-order valence-electron chi connectivity index (χ4n) is 1.80. The molecule has 0 bridgehead atoms. The van der Waals surface area contributed by atoms with Crippen molar-refractivity contribution in [3.63, 3.8) is 0 Å². The molecule has 0 aliphatic carbocycles. The second kappa shape index (κ2) is 8.77. The molecule has 0 atom stereocenters. The molecule has 0 aliphatic rings. The molecular weight excluding hydrogens is 318 g/mol. The van der Waals surface area contributed by atoms with Crippen LogP contribution in [0, 0.1) is 5.41 Å². The molecule has 0 unspecified atom stereocenters. The zero-order chi connectivity index (χ0) is 17.5. The van der Waals surface area contributed by atoms with Gasteiger partial charge in [-0.1, -0.05) is 25.4 Å². The van der Waals surface area contributed by atoms with Crippen molar-refractivity contribution >= 4 is 23.7 Å². The van der Waals surface area contributed by atoms with Crippen LogP contribution in [0.1, 0.15) is 38.1 Å². The van der Waals surface area contributed by atoms with Crippen molar-refractivity contribution in [1.29, 1.82) is 0 Å². The summed E-state index contributed by atoms with van der Waals surface area (Å²) in [7, 11) is 0. The van der Waals surface area contributed by atoms with E-state index in [-0.39, 0.29) is 19.3 Å². The lowest BCUT2D eigenvalue weighted by molar-refractivity contribution is 0.0125. The van der Waals surface area contributed by atoms with Gasteiger partial charge in [0, 0.05) is 23.5 Å². The number of carbonyl (C=O) groups is 2. The van der Waals surface area contributed by atoms with E-state index in [1.54, 1.807) is 29.2 Å². The molecule has 1 aromatic carbocycles. The molecule has 1 amide bonds. The minimum atomic E-state index is -0.467. The summed E-state index contributed by atoms with van der Waals surface area (Å²) in [5, 5.41) is 0.560. The maximum Gasteiger partial charge on any atom is 0.409 e. The van der Waals surface area contributed by atoms with Gasteiger partial charge in [-0.2, -0.15) is 0 Å². The van der Waals surface area contributed by atoms with E-state index in [0.717, 1.165) is 0 Å². The predicted molar refractivity (Wildman–Crippen MR) is 89.8 cm³/mol. The van der Waals surface area contributed by atoms with Crippen LogP contribution in [0.2, 0.25) is 5.02 Å². The average Bonchev–Trinajstić information content (AvgIpc) is 2.53. The van der Waals surface area contributed by atoms with Crippen molar-refractivity contribution < 1.29 is 19.1 Å². The summed E-state index contributed by atoms with van der Waals surface area (Å²) in [4.78, 5) is 25.4. The Labute approximate surface area is 142 Å². The second-order valence-corrected chi connectivity index (χ2v) is 6.41. The van der Waals surface area contributed by atoms with Crippen LogP contribution in [-0.4, -0.2) is 43.3 Å². The van der Waals surface area contributed by atoms with E-state index in [9.17, 15) is 9.59 Å². The van der Waals surface area contributed by atoms with Gasteiger partial charge >= 0.3 is 12.1 Å². The topological polar surface area (TPSA) is 55.8 Å². The molecule has 0 aliphatic heterocycles. The molecule has 128 valence electrons. The molecular formula is C17H24ClNO4. The zero-order valence-corrected chi connectivity index (χ0v) is 14.9. The van der Waals surface area contributed by atoms with E-state index in [0.29, 0.717) is 23.7 Å². The molecule has 0 heterocycles. The van der Waals surface area contributed by atoms with Crippen LogP contribution in [0.4, 0.5) is 4.79 Å². The fraction of sp³-hybridized carbons (Fsp3) is 0.529. The number of ether oxygens (including phenoxy) is 2. The van der Waals surface area contributed by atoms with Crippen LogP contribution < -0.4 is 0 Å². The maximum atomic E-state index is 12.0. The van der Waals surface area contributed by atoms with Crippen molar-refractivity contribution in [3.05, 3.63) is 34.9 Å². The molecule has 0 fully saturated rings. The second-order valence-electron chi connectivity index (χ2n) is 5.97. The first-order valence-corrected chi connectivity index (χ1v) is 8.01. The molecule has 0 N–H and O–H groups in total. The van der Waals surface area contributed by atoms with Gasteiger partial charge in [0.1, 0.15) is 6.61 Å². The number of amides is 1. The van der Waals surface area contributed by atoms with E-state index in [2.05, 4.69) is 0 Å². The summed E-state index contributed by atoms with van der Waals surface area (Å²) in [6.07, 6.45) is -0.355. The summed E-state index contributed by atoms with van der Waals surface area (Å²) in [5.74, 6) is -0.426. The Bertz CT molecular complexity index is 524. The van der Waals surface area contributed by atoms with Gasteiger partial charge in [-0.15, -0.1) is 0 Å². The molecule has 1 rings (SSSR count). The van der Waals surface area contributed by atoms with E-state index >= 15 is 0 Å². The predicted octanol–water partition coefficient (Wildman–Crippen LogP) is 4.00. The summed E-state index contributed by atoms with van der Waals surface area (Å²) < 4.78 is 10.6. The van der Waals surface area contributed by atoms with Crippen molar-refractivity contribution in [1.82, 2.24) is 4.90 Å². The molecule has 6 heteroatoms. The number of rotatable bonds is 7. The maximum absolute atomic E-state index is 12.0. The number of esters is 1. The van der Waals surface area contributed by atoms with Gasteiger partial charge in [0.15, 0.2) is 0 Å². The first kappa shape index (κ1) is 19.3. The molecule has 5 nitrogen and oxygen atoms in total. The van der Waals surface area contributed by atoms with Crippen molar-refractivity contribution in [2.24, 2.45) is 5.41 Å². The van der Waals surface area contributed by atoms with Crippen LogP contribution in [0.15, 0.2) is 24.3 Å². The minimum Gasteiger partial charge on any atom is -0.461 e. The Hall–Kier alpha value is -1.75. The van der Waals surface area contributed by atoms with Crippen molar-refractivity contribution in [2.75, 3.05) is 26.3 Å². The highest BCUT2D eigenvalue weighted by Gasteiger charge is 2.24. The van der Waals surface area contributed by atoms with Gasteiger partial charge in [-0.05, 0) is 38.1 Å². The molecule has 0 aromatic heterocycles. The molecule has 0 radical (unpaired) electrons. The first-order chi connectivity index (χ1) is 10.8. The first-order valence-electron chi connectivity index (χ1n) is 7.63. The SMILES string of the molecule is CCN(CC)C(=O)OCC(C)(C)COC(=O)c1ccc(Cl)cc1. The number of hydrogen-bond acceptors (Lipinski definition) is 4. The van der Waals surface area contributed by atoms with Crippen LogP contribution in [0.25, 0.3) is 0 Å². The third-order valence-electron chi connectivity index (χ3n) is 3.28. The largest absolute Gasteiger partial charge is 0.461 e. The number of nitrogens with zero attached hydrogens (tertiary/aromatic N) is 1. The Balaban J connectivity index is 2.47. The summed E-state index contributed by atoms with van der Waals surface area (Å²) in [6, 6.07) is 6.49. The standard InChI is InChI=1S/C17H24ClNO4/c1-5-19(6-2)16(21)23-12-17(3,4)11-22-15(20)13-7-9-14(18)10-8-13/h7-10H,5-6,11-12H2,1-4H3. The third kappa shape index (κ3) is 6.48. The Morgan fingerprint density at radius 3 is 2.09 bits per heavy atom. The van der Waals surface area contributed by atoms with E-state index in [4.69, 9.17) is 21.1 Å². The molecule has 1 aromatic rings. The molecule has 0 spiro atoms. The van der Waals surface area contributed by atoms with E-state index in [1.807, 2.05) is 27.7 Å². The Kier molecular flexibility index (Phi) is 7.36. The number of halogens is 1. The normalized spacial score (nSPS) is 11.0. The van der Waals surface area contributed by atoms with Crippen molar-refractivity contribution in [2.45, 2.75) is 27.7 Å². The van der Waals surface area contributed by atoms with Crippen LogP contribution >= 0.6 is 11.6 Å². The zero-order valence-electron chi connectivity index (χ0n) is 14.1. The smallest absolute Gasteiger partial charge is 0.409 e. The number of carbonyl (C=O) groups excluding carboxylic acids is 2. The minimum absolute atomic E-state index is 0.153. The number of hydrogen-bond donors (Lipinski definition) is 0. The summed E-state index contributed by atoms with van der Waals surface area (Å²) in [5.41, 5.74) is -0.0319. The lowest BCUT2D eigenvalue weighted by atomic mass is 9.96. The quantitative estimate of drug-likeness (QED) is 0.703. The van der Waals surface area contributed by atoms with Gasteiger partial charge < -0.3 is 14.4 Å². The molecule has 0 saturated carbocycles. The number of benzene rings is 1. The third-order valence-corrected chi connectivity index (χ3v) is 3.53. The lowest BCUT2D eigenvalue weighted by Crippen LogP contribution is -2.35. The van der Waals surface area contributed by atoms with Gasteiger partial charge in [0.05, 0.1) is 12.2 Å². The van der Waals surface area contributed by atoms with Gasteiger partial charge in [-0.3, -0.25) is 0 Å². The van der Waals surface area contributed by atoms with Crippen LogP contribution in [0.5, 0.6) is 0 Å². The van der Waals surface area contributed by atoms with Gasteiger partial charge in [0.2, 0.25) is 0 Å². The highest BCUT2D eigenvalue weighted by Crippen LogP contribution is 2.18. The Morgan fingerprint density at radius 2 is 1.57 bits per heavy atom. The average molecular weight is 342 g/mol. The van der Waals surface area contributed by atoms with Gasteiger partial charge in [-0.25, -0.2) is 9.59 Å². The summed E-state index contributed by atoms with van der Waals surface area (Å²) in [6.45, 7) is 9.06. The van der Waals surface area contributed by atoms with E-state index < -0.39 is 11.4 Å². The monoisotopic (exact) mass is 341 g/mol. The van der Waals surface area contributed by atoms with E-state index in [1.165, 1.54) is 0 Å². The highest BCUT2D eigenvalue weighted by atomic mass is 35.5. The Morgan fingerprint density at radius 1 is 1.04 bits per heavy atom. The van der Waals surface area contributed by atoms with Crippen LogP contribution in [-0.2, 0) is 9.47 Å². The van der Waals surface area contributed by atoms with Crippen LogP contribution in [0.3, 0.4) is 0 Å². The highest BCUT2D eigenvalue weighted by molar-refractivity contribution is 6.30. The molecule has 0 saturated heterocycles.